The number of hydrogen-bond acceptors (Lipinski definition) is 4. The first kappa shape index (κ1) is 17.7. The van der Waals surface area contributed by atoms with E-state index in [0.717, 1.165) is 36.5 Å². The molecule has 0 radical (unpaired) electrons. The number of ketones is 1. The summed E-state index contributed by atoms with van der Waals surface area (Å²) in [6.07, 6.45) is 3.05. The molecule has 2 atom stereocenters. The van der Waals surface area contributed by atoms with Crippen LogP contribution in [-0.4, -0.2) is 54.8 Å². The van der Waals surface area contributed by atoms with Gasteiger partial charge < -0.3 is 4.57 Å². The van der Waals surface area contributed by atoms with Crippen molar-refractivity contribution in [2.75, 3.05) is 31.1 Å². The van der Waals surface area contributed by atoms with E-state index in [2.05, 4.69) is 16.4 Å². The maximum Gasteiger partial charge on any atom is 0.178 e. The Hall–Kier alpha value is -1.14. The molecule has 134 valence electrons. The summed E-state index contributed by atoms with van der Waals surface area (Å²) in [7, 11) is -2.93. The van der Waals surface area contributed by atoms with Crippen molar-refractivity contribution < 1.29 is 13.2 Å². The summed E-state index contributed by atoms with van der Waals surface area (Å²) in [5.41, 5.74) is 2.67. The molecule has 0 aromatic carbocycles. The van der Waals surface area contributed by atoms with Crippen LogP contribution < -0.4 is 0 Å². The Morgan fingerprint density at radius 1 is 1.29 bits per heavy atom. The van der Waals surface area contributed by atoms with E-state index in [0.29, 0.717) is 18.9 Å². The monoisotopic (exact) mass is 352 g/mol. The Bertz CT molecular complexity index is 736. The quantitative estimate of drug-likeness (QED) is 0.781. The molecule has 1 aromatic heterocycles. The average Bonchev–Trinajstić information content (AvgIpc) is 2.98. The van der Waals surface area contributed by atoms with E-state index < -0.39 is 9.84 Å². The molecule has 0 spiro atoms. The summed E-state index contributed by atoms with van der Waals surface area (Å²) < 4.78 is 25.6. The highest BCUT2D eigenvalue weighted by molar-refractivity contribution is 7.91. The third-order valence-electron chi connectivity index (χ3n) is 5.47. The van der Waals surface area contributed by atoms with Gasteiger partial charge in [0, 0.05) is 29.5 Å². The minimum Gasteiger partial charge on any atom is -0.344 e. The van der Waals surface area contributed by atoms with Gasteiger partial charge in [0.25, 0.3) is 0 Å². The van der Waals surface area contributed by atoms with Crippen LogP contribution in [0.4, 0.5) is 0 Å². The summed E-state index contributed by atoms with van der Waals surface area (Å²) in [6, 6.07) is 1.92. The first-order valence-electron chi connectivity index (χ1n) is 8.91. The van der Waals surface area contributed by atoms with E-state index in [9.17, 15) is 13.2 Å². The molecule has 3 heterocycles. The molecule has 0 N–H and O–H groups in total. The fraction of sp³-hybridized carbons (Fsp3) is 0.722. The van der Waals surface area contributed by atoms with Crippen LogP contribution in [0.2, 0.25) is 0 Å². The van der Waals surface area contributed by atoms with E-state index >= 15 is 0 Å². The number of carbonyl (C=O) groups is 1. The molecule has 0 bridgehead atoms. The van der Waals surface area contributed by atoms with Crippen molar-refractivity contribution in [3.63, 3.8) is 0 Å². The zero-order chi connectivity index (χ0) is 17.5. The highest BCUT2D eigenvalue weighted by Crippen LogP contribution is 2.29. The van der Waals surface area contributed by atoms with E-state index in [4.69, 9.17) is 0 Å². The lowest BCUT2D eigenvalue weighted by Gasteiger charge is -2.30. The van der Waals surface area contributed by atoms with Gasteiger partial charge in [0.05, 0.1) is 18.1 Å². The molecule has 24 heavy (non-hydrogen) atoms. The molecule has 0 saturated carbocycles. The molecule has 1 aromatic rings. The van der Waals surface area contributed by atoms with Gasteiger partial charge in [-0.2, -0.15) is 0 Å². The molecule has 2 saturated heterocycles. The van der Waals surface area contributed by atoms with E-state index in [-0.39, 0.29) is 23.3 Å². The summed E-state index contributed by atoms with van der Waals surface area (Å²) in [5, 5.41) is 0. The Balaban J connectivity index is 1.77. The predicted molar refractivity (Wildman–Crippen MR) is 95.4 cm³/mol. The fourth-order valence-corrected chi connectivity index (χ4v) is 6.02. The Morgan fingerprint density at radius 2 is 2.04 bits per heavy atom. The molecule has 2 aliphatic heterocycles. The highest BCUT2D eigenvalue weighted by Gasteiger charge is 2.32. The summed E-state index contributed by atoms with van der Waals surface area (Å²) in [5.74, 6) is 1.26. The minimum atomic E-state index is -2.93. The van der Waals surface area contributed by atoms with Crippen molar-refractivity contribution >= 4 is 15.6 Å². The SMILES string of the molecule is Cc1cc(C(=O)CN2CCCC(C)C2)c(C)n1C1CCS(=O)(=O)C1. The first-order valence-corrected chi connectivity index (χ1v) is 10.7. The lowest BCUT2D eigenvalue weighted by molar-refractivity contribution is 0.0892. The molecule has 2 aliphatic rings. The Kier molecular flexibility index (Phi) is 4.89. The van der Waals surface area contributed by atoms with Crippen LogP contribution in [0.25, 0.3) is 0 Å². The normalized spacial score (nSPS) is 27.5. The largest absolute Gasteiger partial charge is 0.344 e. The van der Waals surface area contributed by atoms with Gasteiger partial charge in [-0.1, -0.05) is 6.92 Å². The van der Waals surface area contributed by atoms with Crippen molar-refractivity contribution in [2.24, 2.45) is 5.92 Å². The van der Waals surface area contributed by atoms with Crippen LogP contribution >= 0.6 is 0 Å². The van der Waals surface area contributed by atoms with Gasteiger partial charge in [0.1, 0.15) is 0 Å². The number of Topliss-reactive ketones (excluding diaryl/α,β-unsaturated/α-hetero) is 1. The number of aromatic nitrogens is 1. The number of aryl methyl sites for hydroxylation is 1. The second kappa shape index (κ2) is 6.64. The predicted octanol–water partition coefficient (Wildman–Crippen LogP) is 2.38. The first-order chi connectivity index (χ1) is 11.3. The Morgan fingerprint density at radius 3 is 2.67 bits per heavy atom. The Labute approximate surface area is 144 Å². The average molecular weight is 353 g/mol. The van der Waals surface area contributed by atoms with Crippen LogP contribution in [-0.2, 0) is 9.84 Å². The maximum atomic E-state index is 12.8. The van der Waals surface area contributed by atoms with Crippen molar-refractivity contribution in [1.82, 2.24) is 9.47 Å². The number of carbonyl (C=O) groups excluding carboxylic acids is 1. The van der Waals surface area contributed by atoms with Crippen molar-refractivity contribution in [3.8, 4) is 0 Å². The zero-order valence-corrected chi connectivity index (χ0v) is 15.7. The topological polar surface area (TPSA) is 59.4 Å². The van der Waals surface area contributed by atoms with Gasteiger partial charge in [-0.3, -0.25) is 9.69 Å². The molecule has 0 aliphatic carbocycles. The summed E-state index contributed by atoms with van der Waals surface area (Å²) >= 11 is 0. The number of likely N-dealkylation sites (tertiary alicyclic amines) is 1. The van der Waals surface area contributed by atoms with Gasteiger partial charge in [-0.05, 0) is 51.6 Å². The van der Waals surface area contributed by atoms with Crippen LogP contribution in [0, 0.1) is 19.8 Å². The second-order valence-corrected chi connectivity index (χ2v) is 9.85. The van der Waals surface area contributed by atoms with E-state index in [1.54, 1.807) is 0 Å². The molecule has 0 amide bonds. The lowest BCUT2D eigenvalue weighted by atomic mass is 9.99. The van der Waals surface area contributed by atoms with Gasteiger partial charge in [-0.25, -0.2) is 8.42 Å². The third-order valence-corrected chi connectivity index (χ3v) is 7.22. The van der Waals surface area contributed by atoms with E-state index in [1.807, 2.05) is 19.9 Å². The van der Waals surface area contributed by atoms with Crippen molar-refractivity contribution in [2.45, 2.75) is 46.1 Å². The van der Waals surface area contributed by atoms with Crippen molar-refractivity contribution in [3.05, 3.63) is 23.0 Å². The number of hydrogen-bond donors (Lipinski definition) is 0. The fourth-order valence-electron chi connectivity index (χ4n) is 4.32. The molecule has 5 nitrogen and oxygen atoms in total. The summed E-state index contributed by atoms with van der Waals surface area (Å²) in [6.45, 7) is 8.61. The van der Waals surface area contributed by atoms with Gasteiger partial charge in [0.15, 0.2) is 15.6 Å². The molecule has 2 fully saturated rings. The van der Waals surface area contributed by atoms with Gasteiger partial charge in [-0.15, -0.1) is 0 Å². The van der Waals surface area contributed by atoms with Crippen LogP contribution in [0.5, 0.6) is 0 Å². The lowest BCUT2D eigenvalue weighted by Crippen LogP contribution is -2.38. The second-order valence-electron chi connectivity index (χ2n) is 7.62. The van der Waals surface area contributed by atoms with Gasteiger partial charge >= 0.3 is 0 Å². The number of sulfone groups is 1. The maximum absolute atomic E-state index is 12.8. The molecular weight excluding hydrogens is 324 g/mol. The smallest absolute Gasteiger partial charge is 0.178 e. The minimum absolute atomic E-state index is 0.0217. The number of piperidine rings is 1. The third kappa shape index (κ3) is 3.59. The van der Waals surface area contributed by atoms with Crippen LogP contribution in [0.1, 0.15) is 54.0 Å². The van der Waals surface area contributed by atoms with Crippen LogP contribution in [0.3, 0.4) is 0 Å². The molecule has 6 heteroatoms. The van der Waals surface area contributed by atoms with E-state index in [1.165, 1.54) is 6.42 Å². The standard InChI is InChI=1S/C18H28N2O3S/c1-13-5-4-7-19(10-13)11-18(21)17-9-14(2)20(15(17)3)16-6-8-24(22,23)12-16/h9,13,16H,4-8,10-12H2,1-3H3. The van der Waals surface area contributed by atoms with Gasteiger partial charge in [0.2, 0.25) is 0 Å². The number of rotatable bonds is 4. The van der Waals surface area contributed by atoms with Crippen LogP contribution in [0.15, 0.2) is 6.07 Å². The molecule has 2 unspecified atom stereocenters. The molecule has 3 rings (SSSR count). The zero-order valence-electron chi connectivity index (χ0n) is 14.9. The van der Waals surface area contributed by atoms with Crippen molar-refractivity contribution in [1.29, 1.82) is 0 Å². The highest BCUT2D eigenvalue weighted by atomic mass is 32.2. The number of nitrogens with zero attached hydrogens (tertiary/aromatic N) is 2. The summed E-state index contributed by atoms with van der Waals surface area (Å²) in [4.78, 5) is 15.0. The molecular formula is C18H28N2O3S.